The maximum Gasteiger partial charge on any atom is 0.0496 e. The largest absolute Gasteiger partial charge is 0.396 e. The molecular formula is C12H27NO. The zero-order valence-corrected chi connectivity index (χ0v) is 9.89. The third-order valence-electron chi connectivity index (χ3n) is 3.01. The van der Waals surface area contributed by atoms with Gasteiger partial charge >= 0.3 is 0 Å². The standard InChI is InChI=1S/C12H27NO/c1-3-4-5-6-7-8-9-12(2,10-13)11-14/h14H,3-11,13H2,1-2H3. The molecule has 0 fully saturated rings. The van der Waals surface area contributed by atoms with Crippen molar-refractivity contribution in [3.63, 3.8) is 0 Å². The second-order valence-electron chi connectivity index (χ2n) is 4.69. The van der Waals surface area contributed by atoms with Gasteiger partial charge in [-0.25, -0.2) is 0 Å². The van der Waals surface area contributed by atoms with Gasteiger partial charge in [0.2, 0.25) is 0 Å². The van der Waals surface area contributed by atoms with Gasteiger partial charge in [-0.2, -0.15) is 0 Å². The van der Waals surface area contributed by atoms with Gasteiger partial charge in [0.25, 0.3) is 0 Å². The fraction of sp³-hybridized carbons (Fsp3) is 1.00. The molecule has 0 aliphatic carbocycles. The number of hydrogen-bond acceptors (Lipinski definition) is 2. The molecule has 0 amide bonds. The number of hydrogen-bond donors (Lipinski definition) is 2. The van der Waals surface area contributed by atoms with Crippen molar-refractivity contribution in [3.05, 3.63) is 0 Å². The van der Waals surface area contributed by atoms with Crippen molar-refractivity contribution in [1.82, 2.24) is 0 Å². The normalized spacial score (nSPS) is 15.4. The van der Waals surface area contributed by atoms with Gasteiger partial charge in [0.15, 0.2) is 0 Å². The van der Waals surface area contributed by atoms with Crippen molar-refractivity contribution in [2.45, 2.75) is 58.8 Å². The number of rotatable bonds is 9. The number of aliphatic hydroxyl groups excluding tert-OH is 1. The first-order chi connectivity index (χ1) is 6.68. The maximum atomic E-state index is 9.15. The summed E-state index contributed by atoms with van der Waals surface area (Å²) in [5, 5.41) is 9.15. The fourth-order valence-corrected chi connectivity index (χ4v) is 1.58. The van der Waals surface area contributed by atoms with Gasteiger partial charge in [-0.05, 0) is 13.0 Å². The monoisotopic (exact) mass is 201 g/mol. The van der Waals surface area contributed by atoms with Crippen LogP contribution in [0.5, 0.6) is 0 Å². The Morgan fingerprint density at radius 2 is 1.64 bits per heavy atom. The molecule has 0 rings (SSSR count). The highest BCUT2D eigenvalue weighted by Crippen LogP contribution is 2.22. The molecular weight excluding hydrogens is 174 g/mol. The van der Waals surface area contributed by atoms with E-state index in [0.717, 1.165) is 6.42 Å². The van der Waals surface area contributed by atoms with Gasteiger partial charge in [-0.3, -0.25) is 0 Å². The van der Waals surface area contributed by atoms with Crippen molar-refractivity contribution in [1.29, 1.82) is 0 Å². The Bertz CT molecular complexity index is 121. The van der Waals surface area contributed by atoms with E-state index >= 15 is 0 Å². The second kappa shape index (κ2) is 8.25. The summed E-state index contributed by atoms with van der Waals surface area (Å²) in [5.74, 6) is 0. The van der Waals surface area contributed by atoms with Gasteiger partial charge in [-0.15, -0.1) is 0 Å². The predicted molar refractivity (Wildman–Crippen MR) is 62.2 cm³/mol. The smallest absolute Gasteiger partial charge is 0.0496 e. The van der Waals surface area contributed by atoms with Crippen LogP contribution in [-0.4, -0.2) is 18.3 Å². The highest BCUT2D eigenvalue weighted by atomic mass is 16.3. The molecule has 86 valence electrons. The molecule has 0 aromatic carbocycles. The lowest BCUT2D eigenvalue weighted by Crippen LogP contribution is -2.30. The van der Waals surface area contributed by atoms with Crippen molar-refractivity contribution >= 4 is 0 Å². The topological polar surface area (TPSA) is 46.2 Å². The van der Waals surface area contributed by atoms with Gasteiger partial charge in [-0.1, -0.05) is 52.4 Å². The molecule has 3 N–H and O–H groups in total. The Hall–Kier alpha value is -0.0800. The lowest BCUT2D eigenvalue weighted by atomic mass is 9.85. The summed E-state index contributed by atoms with van der Waals surface area (Å²) in [6, 6.07) is 0. The van der Waals surface area contributed by atoms with E-state index in [9.17, 15) is 0 Å². The van der Waals surface area contributed by atoms with Crippen LogP contribution >= 0.6 is 0 Å². The Balaban J connectivity index is 3.34. The van der Waals surface area contributed by atoms with Crippen LogP contribution < -0.4 is 5.73 Å². The minimum absolute atomic E-state index is 0.0369. The molecule has 0 aromatic rings. The Labute approximate surface area is 88.9 Å². The summed E-state index contributed by atoms with van der Waals surface area (Å²) < 4.78 is 0. The zero-order chi connectivity index (χ0) is 10.9. The van der Waals surface area contributed by atoms with Crippen molar-refractivity contribution < 1.29 is 5.11 Å². The van der Waals surface area contributed by atoms with Crippen LogP contribution in [0.1, 0.15) is 58.8 Å². The first-order valence-electron chi connectivity index (χ1n) is 5.99. The van der Waals surface area contributed by atoms with E-state index in [4.69, 9.17) is 10.8 Å². The molecule has 1 atom stereocenters. The first-order valence-corrected chi connectivity index (χ1v) is 5.99. The summed E-state index contributed by atoms with van der Waals surface area (Å²) >= 11 is 0. The van der Waals surface area contributed by atoms with E-state index in [-0.39, 0.29) is 12.0 Å². The quantitative estimate of drug-likeness (QED) is 0.563. The molecule has 0 radical (unpaired) electrons. The van der Waals surface area contributed by atoms with Crippen molar-refractivity contribution in [2.24, 2.45) is 11.1 Å². The molecule has 0 saturated carbocycles. The lowest BCUT2D eigenvalue weighted by molar-refractivity contribution is 0.136. The van der Waals surface area contributed by atoms with Crippen molar-refractivity contribution in [2.75, 3.05) is 13.2 Å². The van der Waals surface area contributed by atoms with E-state index in [2.05, 4.69) is 13.8 Å². The third-order valence-corrected chi connectivity index (χ3v) is 3.01. The number of nitrogens with two attached hydrogens (primary N) is 1. The maximum absolute atomic E-state index is 9.15. The van der Waals surface area contributed by atoms with E-state index in [1.807, 2.05) is 0 Å². The third kappa shape index (κ3) is 6.39. The van der Waals surface area contributed by atoms with E-state index in [1.54, 1.807) is 0 Å². The molecule has 0 spiro atoms. The SMILES string of the molecule is CCCCCCCCC(C)(CN)CO. The van der Waals surface area contributed by atoms with Gasteiger partial charge < -0.3 is 10.8 Å². The number of unbranched alkanes of at least 4 members (excludes halogenated alkanes) is 5. The minimum Gasteiger partial charge on any atom is -0.396 e. The highest BCUT2D eigenvalue weighted by molar-refractivity contribution is 4.73. The van der Waals surface area contributed by atoms with Crippen LogP contribution in [0.15, 0.2) is 0 Å². The summed E-state index contributed by atoms with van der Waals surface area (Å²) in [6.07, 6.45) is 8.90. The van der Waals surface area contributed by atoms with Gasteiger partial charge in [0.1, 0.15) is 0 Å². The number of aliphatic hydroxyl groups is 1. The fourth-order valence-electron chi connectivity index (χ4n) is 1.58. The summed E-state index contributed by atoms with van der Waals surface area (Å²) in [6.45, 7) is 5.12. The average molecular weight is 201 g/mol. The molecule has 0 aliphatic rings. The average Bonchev–Trinajstić information content (AvgIpc) is 2.23. The molecule has 2 heteroatoms. The summed E-state index contributed by atoms with van der Waals surface area (Å²) in [5.41, 5.74) is 5.58. The zero-order valence-electron chi connectivity index (χ0n) is 9.89. The Morgan fingerprint density at radius 3 is 2.14 bits per heavy atom. The minimum atomic E-state index is -0.0369. The summed E-state index contributed by atoms with van der Waals surface area (Å²) in [4.78, 5) is 0. The highest BCUT2D eigenvalue weighted by Gasteiger charge is 2.20. The van der Waals surface area contributed by atoms with E-state index in [1.165, 1.54) is 38.5 Å². The Kier molecular flexibility index (Phi) is 8.20. The van der Waals surface area contributed by atoms with Gasteiger partial charge in [0, 0.05) is 12.0 Å². The van der Waals surface area contributed by atoms with Crippen molar-refractivity contribution in [3.8, 4) is 0 Å². The molecule has 0 aliphatic heterocycles. The van der Waals surface area contributed by atoms with Crippen LogP contribution in [0.3, 0.4) is 0 Å². The van der Waals surface area contributed by atoms with Crippen LogP contribution in [-0.2, 0) is 0 Å². The van der Waals surface area contributed by atoms with Gasteiger partial charge in [0.05, 0.1) is 0 Å². The molecule has 0 bridgehead atoms. The van der Waals surface area contributed by atoms with Crippen LogP contribution in [0.25, 0.3) is 0 Å². The Morgan fingerprint density at radius 1 is 1.07 bits per heavy atom. The van der Waals surface area contributed by atoms with E-state index < -0.39 is 0 Å². The molecule has 0 aromatic heterocycles. The van der Waals surface area contributed by atoms with Crippen LogP contribution in [0.2, 0.25) is 0 Å². The lowest BCUT2D eigenvalue weighted by Gasteiger charge is -2.24. The molecule has 14 heavy (non-hydrogen) atoms. The van der Waals surface area contributed by atoms with E-state index in [0.29, 0.717) is 6.54 Å². The first kappa shape index (κ1) is 13.9. The van der Waals surface area contributed by atoms with Crippen LogP contribution in [0.4, 0.5) is 0 Å². The molecule has 2 nitrogen and oxygen atoms in total. The summed E-state index contributed by atoms with van der Waals surface area (Å²) in [7, 11) is 0. The second-order valence-corrected chi connectivity index (χ2v) is 4.69. The predicted octanol–water partition coefficient (Wildman–Crippen LogP) is 2.69. The molecule has 1 unspecified atom stereocenters. The molecule has 0 saturated heterocycles. The molecule has 0 heterocycles. The van der Waals surface area contributed by atoms with Crippen LogP contribution in [0, 0.1) is 5.41 Å².